The minimum absolute atomic E-state index is 0.815. The first-order chi connectivity index (χ1) is 5.16. The van der Waals surface area contributed by atoms with Gasteiger partial charge in [-0.2, -0.15) is 0 Å². The van der Waals surface area contributed by atoms with E-state index in [1.165, 1.54) is 0 Å². The molecule has 0 aliphatic rings. The molecule has 0 heterocycles. The molecule has 0 radical (unpaired) electrons. The van der Waals surface area contributed by atoms with Gasteiger partial charge >= 0.3 is 0 Å². The summed E-state index contributed by atoms with van der Waals surface area (Å²) in [6, 6.07) is 0. The van der Waals surface area contributed by atoms with E-state index in [1.807, 2.05) is 26.8 Å². The van der Waals surface area contributed by atoms with Crippen molar-refractivity contribution in [3.63, 3.8) is 0 Å². The van der Waals surface area contributed by atoms with Gasteiger partial charge < -0.3 is 0 Å². The van der Waals surface area contributed by atoms with Crippen molar-refractivity contribution in [2.75, 3.05) is 0 Å². The summed E-state index contributed by atoms with van der Waals surface area (Å²) in [6.07, 6.45) is 4.82. The van der Waals surface area contributed by atoms with Gasteiger partial charge in [0, 0.05) is 11.9 Å². The standard InChI is InChI=1S/C9H16N2/c1-5-6-7-10-9(4)11-8(2)3/h6-7H,5H2,1-4H3/b7-6+,10-9?. The zero-order valence-electron chi connectivity index (χ0n) is 7.76. The van der Waals surface area contributed by atoms with E-state index in [4.69, 9.17) is 0 Å². The van der Waals surface area contributed by atoms with E-state index in [0.717, 1.165) is 18.0 Å². The smallest absolute Gasteiger partial charge is 0.125 e. The molecule has 0 fully saturated rings. The fourth-order valence-corrected chi connectivity index (χ4v) is 0.618. The Morgan fingerprint density at radius 1 is 1.27 bits per heavy atom. The summed E-state index contributed by atoms with van der Waals surface area (Å²) in [7, 11) is 0. The first kappa shape index (κ1) is 10.1. The maximum Gasteiger partial charge on any atom is 0.125 e. The zero-order chi connectivity index (χ0) is 8.69. The van der Waals surface area contributed by atoms with Crippen LogP contribution in [0.2, 0.25) is 0 Å². The van der Waals surface area contributed by atoms with Crippen LogP contribution in [0.15, 0.2) is 22.3 Å². The Bertz CT molecular complexity index is 184. The van der Waals surface area contributed by atoms with Gasteiger partial charge in [0.05, 0.1) is 0 Å². The Morgan fingerprint density at radius 2 is 1.91 bits per heavy atom. The SMILES string of the molecule is CC/C=C/N=C(C)N=C(C)C. The molecule has 0 N–H and O–H groups in total. The molecule has 0 atom stereocenters. The van der Waals surface area contributed by atoms with Gasteiger partial charge in [-0.1, -0.05) is 13.0 Å². The Kier molecular flexibility index (Phi) is 5.35. The van der Waals surface area contributed by atoms with Gasteiger partial charge in [0.2, 0.25) is 0 Å². The van der Waals surface area contributed by atoms with Crippen molar-refractivity contribution in [2.24, 2.45) is 9.98 Å². The van der Waals surface area contributed by atoms with Crippen LogP contribution in [-0.4, -0.2) is 11.5 Å². The second-order valence-corrected chi connectivity index (χ2v) is 2.53. The highest BCUT2D eigenvalue weighted by atomic mass is 14.9. The third-order valence-electron chi connectivity index (χ3n) is 0.988. The molecule has 0 spiro atoms. The first-order valence-electron chi connectivity index (χ1n) is 3.88. The fourth-order valence-electron chi connectivity index (χ4n) is 0.618. The summed E-state index contributed by atoms with van der Waals surface area (Å²) in [4.78, 5) is 8.27. The lowest BCUT2D eigenvalue weighted by molar-refractivity contribution is 1.21. The van der Waals surface area contributed by atoms with E-state index in [0.29, 0.717) is 0 Å². The summed E-state index contributed by atoms with van der Waals surface area (Å²) in [5.74, 6) is 0.815. The predicted octanol–water partition coefficient (Wildman–Crippen LogP) is 2.81. The maximum atomic E-state index is 4.16. The van der Waals surface area contributed by atoms with Gasteiger partial charge in [0.1, 0.15) is 5.84 Å². The second kappa shape index (κ2) is 5.83. The molecule has 0 aliphatic carbocycles. The second-order valence-electron chi connectivity index (χ2n) is 2.53. The summed E-state index contributed by atoms with van der Waals surface area (Å²) in [5, 5.41) is 0. The summed E-state index contributed by atoms with van der Waals surface area (Å²) in [5.41, 5.74) is 1.04. The molecule has 0 unspecified atom stereocenters. The van der Waals surface area contributed by atoms with Crippen LogP contribution in [-0.2, 0) is 0 Å². The number of allylic oxidation sites excluding steroid dienone is 1. The molecular weight excluding hydrogens is 136 g/mol. The van der Waals surface area contributed by atoms with E-state index in [1.54, 1.807) is 6.20 Å². The number of amidine groups is 1. The minimum atomic E-state index is 0.815. The van der Waals surface area contributed by atoms with Gasteiger partial charge in [-0.15, -0.1) is 0 Å². The molecule has 0 aromatic carbocycles. The summed E-state index contributed by atoms with van der Waals surface area (Å²) < 4.78 is 0. The normalized spacial score (nSPS) is 12.2. The van der Waals surface area contributed by atoms with E-state index < -0.39 is 0 Å². The van der Waals surface area contributed by atoms with Crippen LogP contribution in [0.1, 0.15) is 34.1 Å². The van der Waals surface area contributed by atoms with Crippen molar-refractivity contribution in [3.05, 3.63) is 12.3 Å². The molecular formula is C9H16N2. The molecule has 0 aromatic heterocycles. The van der Waals surface area contributed by atoms with Gasteiger partial charge in [0.25, 0.3) is 0 Å². The molecule has 0 aromatic rings. The van der Waals surface area contributed by atoms with E-state index in [9.17, 15) is 0 Å². The van der Waals surface area contributed by atoms with Gasteiger partial charge in [-0.25, -0.2) is 9.98 Å². The predicted molar refractivity (Wildman–Crippen MR) is 51.3 cm³/mol. The molecule has 0 bridgehead atoms. The van der Waals surface area contributed by atoms with Gasteiger partial charge in [-0.3, -0.25) is 0 Å². The van der Waals surface area contributed by atoms with E-state index >= 15 is 0 Å². The fraction of sp³-hybridized carbons (Fsp3) is 0.556. The van der Waals surface area contributed by atoms with Crippen molar-refractivity contribution in [3.8, 4) is 0 Å². The monoisotopic (exact) mass is 152 g/mol. The lowest BCUT2D eigenvalue weighted by Gasteiger charge is -1.89. The topological polar surface area (TPSA) is 24.7 Å². The maximum absolute atomic E-state index is 4.16. The molecule has 2 heteroatoms. The van der Waals surface area contributed by atoms with Crippen molar-refractivity contribution in [1.29, 1.82) is 0 Å². The number of rotatable bonds is 2. The van der Waals surface area contributed by atoms with Crippen LogP contribution in [0.3, 0.4) is 0 Å². The molecule has 0 rings (SSSR count). The Labute approximate surface area is 68.8 Å². The number of hydrogen-bond donors (Lipinski definition) is 0. The molecule has 0 saturated carbocycles. The van der Waals surface area contributed by atoms with Crippen LogP contribution >= 0.6 is 0 Å². The third kappa shape index (κ3) is 6.97. The number of hydrogen-bond acceptors (Lipinski definition) is 1. The first-order valence-corrected chi connectivity index (χ1v) is 3.88. The van der Waals surface area contributed by atoms with Crippen LogP contribution in [0.25, 0.3) is 0 Å². The van der Waals surface area contributed by atoms with E-state index in [-0.39, 0.29) is 0 Å². The van der Waals surface area contributed by atoms with Gasteiger partial charge in [0.15, 0.2) is 0 Å². The lowest BCUT2D eigenvalue weighted by atomic mass is 10.5. The Balaban J connectivity index is 4.01. The quantitative estimate of drug-likeness (QED) is 0.429. The van der Waals surface area contributed by atoms with Crippen molar-refractivity contribution < 1.29 is 0 Å². The third-order valence-corrected chi connectivity index (χ3v) is 0.988. The van der Waals surface area contributed by atoms with Crippen LogP contribution in [0, 0.1) is 0 Å². The molecule has 62 valence electrons. The minimum Gasteiger partial charge on any atom is -0.243 e. The highest BCUT2D eigenvalue weighted by molar-refractivity contribution is 5.94. The highest BCUT2D eigenvalue weighted by Crippen LogP contribution is 1.86. The van der Waals surface area contributed by atoms with Crippen molar-refractivity contribution in [1.82, 2.24) is 0 Å². The average molecular weight is 152 g/mol. The molecule has 0 saturated heterocycles. The number of nitrogens with zero attached hydrogens (tertiary/aromatic N) is 2. The lowest BCUT2D eigenvalue weighted by Crippen LogP contribution is -1.89. The molecule has 0 aliphatic heterocycles. The van der Waals surface area contributed by atoms with Crippen LogP contribution in [0.4, 0.5) is 0 Å². The van der Waals surface area contributed by atoms with Crippen molar-refractivity contribution >= 4 is 11.5 Å². The molecule has 2 nitrogen and oxygen atoms in total. The Morgan fingerprint density at radius 3 is 2.36 bits per heavy atom. The van der Waals surface area contributed by atoms with Crippen LogP contribution in [0.5, 0.6) is 0 Å². The average Bonchev–Trinajstić information content (AvgIpc) is 1.86. The molecule has 11 heavy (non-hydrogen) atoms. The molecule has 0 amide bonds. The van der Waals surface area contributed by atoms with E-state index in [2.05, 4.69) is 16.9 Å². The zero-order valence-corrected chi connectivity index (χ0v) is 7.76. The summed E-state index contributed by atoms with van der Waals surface area (Å²) >= 11 is 0. The highest BCUT2D eigenvalue weighted by Gasteiger charge is 1.81. The van der Waals surface area contributed by atoms with Gasteiger partial charge in [-0.05, 0) is 27.2 Å². The van der Waals surface area contributed by atoms with Crippen LogP contribution < -0.4 is 0 Å². The number of aliphatic imine (C=N–C) groups is 2. The largest absolute Gasteiger partial charge is 0.243 e. The summed E-state index contributed by atoms with van der Waals surface area (Å²) in [6.45, 7) is 7.90. The van der Waals surface area contributed by atoms with Crippen molar-refractivity contribution in [2.45, 2.75) is 34.1 Å². The Hall–Kier alpha value is -0.920.